The zero-order chi connectivity index (χ0) is 14.5. The van der Waals surface area contributed by atoms with E-state index in [0.717, 1.165) is 25.9 Å². The van der Waals surface area contributed by atoms with Crippen LogP contribution in [0, 0.1) is 5.92 Å². The number of piperidine rings is 1. The smallest absolute Gasteiger partial charge is 0.242 e. The third-order valence-corrected chi connectivity index (χ3v) is 3.14. The minimum Gasteiger partial charge on any atom is -0.350 e. The van der Waals surface area contributed by atoms with Gasteiger partial charge in [0.05, 0.1) is 0 Å². The van der Waals surface area contributed by atoms with Crippen LogP contribution in [0.1, 0.15) is 47.0 Å². The molecule has 5 nitrogen and oxygen atoms in total. The molecule has 2 atom stereocenters. The number of amides is 2. The summed E-state index contributed by atoms with van der Waals surface area (Å²) < 4.78 is 0. The molecule has 0 aliphatic carbocycles. The number of hydrogen-bond acceptors (Lipinski definition) is 3. The van der Waals surface area contributed by atoms with E-state index in [4.69, 9.17) is 0 Å². The SMILES string of the molecule is CC(NC(=O)CC1CCCNC1)C(=O)NC(C)(C)C. The first-order valence-electron chi connectivity index (χ1n) is 7.10. The Balaban J connectivity index is 2.32. The molecular formula is C14H27N3O2. The van der Waals surface area contributed by atoms with Crippen molar-refractivity contribution in [1.29, 1.82) is 0 Å². The minimum absolute atomic E-state index is 0.0368. The minimum atomic E-state index is -0.483. The van der Waals surface area contributed by atoms with E-state index in [1.165, 1.54) is 0 Å². The largest absolute Gasteiger partial charge is 0.350 e. The lowest BCUT2D eigenvalue weighted by molar-refractivity contribution is -0.130. The van der Waals surface area contributed by atoms with E-state index in [2.05, 4.69) is 16.0 Å². The van der Waals surface area contributed by atoms with Crippen LogP contribution in [0.4, 0.5) is 0 Å². The lowest BCUT2D eigenvalue weighted by Gasteiger charge is -2.25. The molecule has 5 heteroatoms. The van der Waals surface area contributed by atoms with Gasteiger partial charge in [-0.1, -0.05) is 0 Å². The van der Waals surface area contributed by atoms with Crippen LogP contribution >= 0.6 is 0 Å². The number of carbonyl (C=O) groups is 2. The van der Waals surface area contributed by atoms with Crippen molar-refractivity contribution in [3.05, 3.63) is 0 Å². The van der Waals surface area contributed by atoms with Crippen molar-refractivity contribution in [2.75, 3.05) is 13.1 Å². The van der Waals surface area contributed by atoms with Crippen molar-refractivity contribution >= 4 is 11.8 Å². The first kappa shape index (κ1) is 16.0. The van der Waals surface area contributed by atoms with Crippen LogP contribution in [0.3, 0.4) is 0 Å². The Labute approximate surface area is 115 Å². The zero-order valence-corrected chi connectivity index (χ0v) is 12.5. The molecule has 0 spiro atoms. The quantitative estimate of drug-likeness (QED) is 0.707. The van der Waals surface area contributed by atoms with Gasteiger partial charge in [0.15, 0.2) is 0 Å². The van der Waals surface area contributed by atoms with Gasteiger partial charge in [-0.25, -0.2) is 0 Å². The average Bonchev–Trinajstić information content (AvgIpc) is 2.27. The highest BCUT2D eigenvalue weighted by atomic mass is 16.2. The van der Waals surface area contributed by atoms with E-state index in [-0.39, 0.29) is 17.4 Å². The molecule has 0 radical (unpaired) electrons. The summed E-state index contributed by atoms with van der Waals surface area (Å²) in [5, 5.41) is 8.92. The summed E-state index contributed by atoms with van der Waals surface area (Å²) in [6, 6.07) is -0.483. The second-order valence-corrected chi connectivity index (χ2v) is 6.44. The lowest BCUT2D eigenvalue weighted by atomic mass is 9.96. The molecule has 1 heterocycles. The van der Waals surface area contributed by atoms with Crippen LogP contribution < -0.4 is 16.0 Å². The summed E-state index contributed by atoms with van der Waals surface area (Å²) in [7, 11) is 0. The zero-order valence-electron chi connectivity index (χ0n) is 12.5. The van der Waals surface area contributed by atoms with Crippen molar-refractivity contribution in [1.82, 2.24) is 16.0 Å². The van der Waals surface area contributed by atoms with Crippen LogP contribution in [-0.2, 0) is 9.59 Å². The van der Waals surface area contributed by atoms with Gasteiger partial charge in [0.1, 0.15) is 6.04 Å². The maximum absolute atomic E-state index is 11.9. The number of hydrogen-bond donors (Lipinski definition) is 3. The summed E-state index contributed by atoms with van der Waals surface area (Å²) in [4.78, 5) is 23.7. The standard InChI is InChI=1S/C14H27N3O2/c1-10(13(19)17-14(2,3)4)16-12(18)8-11-6-5-7-15-9-11/h10-11,15H,5-9H2,1-4H3,(H,16,18)(H,17,19). The fraction of sp³-hybridized carbons (Fsp3) is 0.857. The molecule has 1 aliphatic rings. The van der Waals surface area contributed by atoms with Crippen molar-refractivity contribution < 1.29 is 9.59 Å². The Morgan fingerprint density at radius 3 is 2.58 bits per heavy atom. The summed E-state index contributed by atoms with van der Waals surface area (Å²) in [5.74, 6) is 0.222. The molecule has 2 amide bonds. The maximum atomic E-state index is 11.9. The number of carbonyl (C=O) groups excluding carboxylic acids is 2. The van der Waals surface area contributed by atoms with E-state index in [1.54, 1.807) is 6.92 Å². The first-order chi connectivity index (χ1) is 8.78. The van der Waals surface area contributed by atoms with Crippen LogP contribution in [0.2, 0.25) is 0 Å². The lowest BCUT2D eigenvalue weighted by Crippen LogP contribution is -2.51. The highest BCUT2D eigenvalue weighted by Gasteiger charge is 2.22. The second kappa shape index (κ2) is 6.89. The monoisotopic (exact) mass is 269 g/mol. The van der Waals surface area contributed by atoms with Crippen molar-refractivity contribution in [3.63, 3.8) is 0 Å². The second-order valence-electron chi connectivity index (χ2n) is 6.44. The van der Waals surface area contributed by atoms with E-state index >= 15 is 0 Å². The van der Waals surface area contributed by atoms with E-state index in [1.807, 2.05) is 20.8 Å². The van der Waals surface area contributed by atoms with Gasteiger partial charge in [-0.3, -0.25) is 9.59 Å². The predicted octanol–water partition coefficient (Wildman–Crippen LogP) is 0.796. The Kier molecular flexibility index (Phi) is 5.79. The third kappa shape index (κ3) is 6.57. The Bertz CT molecular complexity index is 317. The molecule has 19 heavy (non-hydrogen) atoms. The molecule has 1 aliphatic heterocycles. The molecule has 2 unspecified atom stereocenters. The molecule has 0 bridgehead atoms. The van der Waals surface area contributed by atoms with Gasteiger partial charge in [0.25, 0.3) is 0 Å². The van der Waals surface area contributed by atoms with Gasteiger partial charge in [-0.15, -0.1) is 0 Å². The summed E-state index contributed by atoms with van der Waals surface area (Å²) in [5.41, 5.74) is -0.274. The normalized spacial score (nSPS) is 21.6. The van der Waals surface area contributed by atoms with Gasteiger partial charge in [-0.05, 0) is 59.5 Å². The van der Waals surface area contributed by atoms with Gasteiger partial charge in [0, 0.05) is 12.0 Å². The molecule has 0 saturated carbocycles. The Morgan fingerprint density at radius 1 is 1.37 bits per heavy atom. The fourth-order valence-electron chi connectivity index (χ4n) is 2.20. The summed E-state index contributed by atoms with van der Waals surface area (Å²) >= 11 is 0. The Morgan fingerprint density at radius 2 is 2.05 bits per heavy atom. The summed E-state index contributed by atoms with van der Waals surface area (Å²) in [6.07, 6.45) is 2.71. The highest BCUT2D eigenvalue weighted by molar-refractivity contribution is 5.87. The average molecular weight is 269 g/mol. The number of nitrogens with one attached hydrogen (secondary N) is 3. The predicted molar refractivity (Wildman–Crippen MR) is 75.7 cm³/mol. The third-order valence-electron chi connectivity index (χ3n) is 3.14. The molecular weight excluding hydrogens is 242 g/mol. The van der Waals surface area contributed by atoms with Gasteiger partial charge in [0.2, 0.25) is 11.8 Å². The van der Waals surface area contributed by atoms with Crippen LogP contribution in [0.15, 0.2) is 0 Å². The number of rotatable bonds is 4. The molecule has 1 fully saturated rings. The van der Waals surface area contributed by atoms with Gasteiger partial charge < -0.3 is 16.0 Å². The summed E-state index contributed by atoms with van der Waals surface area (Å²) in [6.45, 7) is 9.43. The van der Waals surface area contributed by atoms with Crippen molar-refractivity contribution in [2.24, 2.45) is 5.92 Å². The molecule has 0 aromatic rings. The fourth-order valence-corrected chi connectivity index (χ4v) is 2.20. The molecule has 1 saturated heterocycles. The molecule has 0 aromatic heterocycles. The first-order valence-corrected chi connectivity index (χ1v) is 7.10. The van der Waals surface area contributed by atoms with E-state index in [0.29, 0.717) is 12.3 Å². The Hall–Kier alpha value is -1.10. The van der Waals surface area contributed by atoms with Crippen molar-refractivity contribution in [3.8, 4) is 0 Å². The van der Waals surface area contributed by atoms with Crippen molar-refractivity contribution in [2.45, 2.75) is 58.5 Å². The molecule has 0 aromatic carbocycles. The van der Waals surface area contributed by atoms with Gasteiger partial charge >= 0.3 is 0 Å². The highest BCUT2D eigenvalue weighted by Crippen LogP contribution is 2.13. The molecule has 3 N–H and O–H groups in total. The topological polar surface area (TPSA) is 70.2 Å². The molecule has 1 rings (SSSR count). The molecule has 110 valence electrons. The van der Waals surface area contributed by atoms with E-state index in [9.17, 15) is 9.59 Å². The van der Waals surface area contributed by atoms with Crippen LogP contribution in [-0.4, -0.2) is 36.5 Å². The van der Waals surface area contributed by atoms with Crippen LogP contribution in [0.25, 0.3) is 0 Å². The van der Waals surface area contributed by atoms with Crippen LogP contribution in [0.5, 0.6) is 0 Å². The van der Waals surface area contributed by atoms with Gasteiger partial charge in [-0.2, -0.15) is 0 Å². The maximum Gasteiger partial charge on any atom is 0.242 e. The van der Waals surface area contributed by atoms with E-state index < -0.39 is 6.04 Å².